The molecule has 0 atom stereocenters. The van der Waals surface area contributed by atoms with E-state index in [-0.39, 0.29) is 11.7 Å². The van der Waals surface area contributed by atoms with Crippen molar-refractivity contribution in [1.82, 2.24) is 10.2 Å². The summed E-state index contributed by atoms with van der Waals surface area (Å²) < 4.78 is 13.5. The molecule has 3 nitrogen and oxygen atoms in total. The third kappa shape index (κ3) is 4.03. The van der Waals surface area contributed by atoms with E-state index in [1.807, 2.05) is 0 Å². The molecule has 0 saturated heterocycles. The van der Waals surface area contributed by atoms with Gasteiger partial charge in [0.2, 0.25) is 5.91 Å². The molecule has 0 heterocycles. The highest BCUT2D eigenvalue weighted by atomic mass is 19.1. The van der Waals surface area contributed by atoms with Crippen molar-refractivity contribution in [2.24, 2.45) is 0 Å². The second kappa shape index (κ2) is 6.66. The maximum absolute atomic E-state index is 13.5. The largest absolute Gasteiger partial charge is 0.340 e. The topological polar surface area (TPSA) is 32.3 Å². The molecular weight excluding hydrogens is 243 g/mol. The highest BCUT2D eigenvalue weighted by Gasteiger charge is 2.17. The molecule has 1 N–H and O–H groups in total. The zero-order valence-electron chi connectivity index (χ0n) is 11.4. The van der Waals surface area contributed by atoms with Crippen LogP contribution < -0.4 is 5.32 Å². The fourth-order valence-corrected chi connectivity index (χ4v) is 2.47. The summed E-state index contributed by atoms with van der Waals surface area (Å²) in [5.41, 5.74) is 0.555. The first-order valence-electron chi connectivity index (χ1n) is 6.87. The molecule has 0 spiro atoms. The van der Waals surface area contributed by atoms with Crippen molar-refractivity contribution in [2.75, 3.05) is 13.6 Å². The fourth-order valence-electron chi connectivity index (χ4n) is 2.47. The minimum absolute atomic E-state index is 0.00940. The Balaban J connectivity index is 1.80. The monoisotopic (exact) mass is 264 g/mol. The van der Waals surface area contributed by atoms with E-state index < -0.39 is 0 Å². The quantitative estimate of drug-likeness (QED) is 0.885. The molecule has 0 radical (unpaired) electrons. The molecule has 0 aromatic heterocycles. The van der Waals surface area contributed by atoms with Gasteiger partial charge in [0.1, 0.15) is 5.82 Å². The molecule has 1 aliphatic carbocycles. The second-order valence-corrected chi connectivity index (χ2v) is 5.20. The zero-order chi connectivity index (χ0) is 13.7. The number of benzene rings is 1. The van der Waals surface area contributed by atoms with Crippen LogP contribution in [0.15, 0.2) is 24.3 Å². The van der Waals surface area contributed by atoms with Crippen LogP contribution in [0.4, 0.5) is 4.39 Å². The van der Waals surface area contributed by atoms with Crippen molar-refractivity contribution in [3.8, 4) is 0 Å². The normalized spacial score (nSPS) is 15.7. The molecule has 1 aromatic carbocycles. The van der Waals surface area contributed by atoms with Gasteiger partial charge in [-0.2, -0.15) is 0 Å². The van der Waals surface area contributed by atoms with Crippen molar-refractivity contribution in [3.05, 3.63) is 35.6 Å². The first-order valence-corrected chi connectivity index (χ1v) is 6.87. The van der Waals surface area contributed by atoms with Crippen LogP contribution in [-0.4, -0.2) is 30.4 Å². The van der Waals surface area contributed by atoms with Crippen LogP contribution in [0, 0.1) is 5.82 Å². The van der Waals surface area contributed by atoms with Gasteiger partial charge in [0.05, 0.1) is 6.54 Å². The van der Waals surface area contributed by atoms with Gasteiger partial charge in [0, 0.05) is 25.2 Å². The average molecular weight is 264 g/mol. The van der Waals surface area contributed by atoms with E-state index in [1.54, 1.807) is 30.1 Å². The Labute approximate surface area is 113 Å². The number of carbonyl (C=O) groups excluding carboxylic acids is 1. The van der Waals surface area contributed by atoms with Crippen LogP contribution in [0.5, 0.6) is 0 Å². The third-order valence-corrected chi connectivity index (χ3v) is 3.69. The number of nitrogens with one attached hydrogen (secondary N) is 1. The fraction of sp³-hybridized carbons (Fsp3) is 0.533. The van der Waals surface area contributed by atoms with Gasteiger partial charge in [0.15, 0.2) is 0 Å². The van der Waals surface area contributed by atoms with Crippen molar-refractivity contribution >= 4 is 5.91 Å². The molecule has 104 valence electrons. The van der Waals surface area contributed by atoms with E-state index >= 15 is 0 Å². The Morgan fingerprint density at radius 2 is 2.05 bits per heavy atom. The van der Waals surface area contributed by atoms with Gasteiger partial charge in [-0.05, 0) is 18.9 Å². The van der Waals surface area contributed by atoms with Gasteiger partial charge < -0.3 is 10.2 Å². The summed E-state index contributed by atoms with van der Waals surface area (Å²) in [7, 11) is 1.71. The number of rotatable bonds is 5. The number of carbonyl (C=O) groups is 1. The van der Waals surface area contributed by atoms with Crippen LogP contribution in [0.25, 0.3) is 0 Å². The Morgan fingerprint density at radius 3 is 2.74 bits per heavy atom. The molecule has 0 bridgehead atoms. The summed E-state index contributed by atoms with van der Waals surface area (Å²) in [6.45, 7) is 0.660. The highest BCUT2D eigenvalue weighted by molar-refractivity contribution is 5.78. The van der Waals surface area contributed by atoms with E-state index in [9.17, 15) is 9.18 Å². The standard InChI is InChI=1S/C15H21FN2O/c1-18(11-12-6-2-5-9-14(12)16)15(19)10-17-13-7-3-4-8-13/h2,5-6,9,13,17H,3-4,7-8,10-11H2,1H3. The smallest absolute Gasteiger partial charge is 0.236 e. The zero-order valence-corrected chi connectivity index (χ0v) is 11.4. The van der Waals surface area contributed by atoms with Crippen LogP contribution >= 0.6 is 0 Å². The predicted molar refractivity (Wildman–Crippen MR) is 73.1 cm³/mol. The number of nitrogens with zero attached hydrogens (tertiary/aromatic N) is 1. The number of hydrogen-bond donors (Lipinski definition) is 1. The van der Waals surface area contributed by atoms with Gasteiger partial charge in [0.25, 0.3) is 0 Å². The molecule has 0 unspecified atom stereocenters. The van der Waals surface area contributed by atoms with Crippen molar-refractivity contribution < 1.29 is 9.18 Å². The summed E-state index contributed by atoms with van der Waals surface area (Å²) >= 11 is 0. The molecule has 1 fully saturated rings. The number of amides is 1. The van der Waals surface area contributed by atoms with E-state index in [4.69, 9.17) is 0 Å². The predicted octanol–water partition coefficient (Wildman–Crippen LogP) is 2.32. The molecule has 1 saturated carbocycles. The third-order valence-electron chi connectivity index (χ3n) is 3.69. The van der Waals surface area contributed by atoms with Crippen LogP contribution in [-0.2, 0) is 11.3 Å². The first kappa shape index (κ1) is 14.0. The number of likely N-dealkylation sites (N-methyl/N-ethyl adjacent to an activating group) is 1. The minimum atomic E-state index is -0.258. The number of halogens is 1. The molecular formula is C15H21FN2O. The lowest BCUT2D eigenvalue weighted by Gasteiger charge is -2.19. The SMILES string of the molecule is CN(Cc1ccccc1F)C(=O)CNC1CCCC1. The molecule has 1 amide bonds. The lowest BCUT2D eigenvalue weighted by Crippen LogP contribution is -2.38. The summed E-state index contributed by atoms with van der Waals surface area (Å²) in [4.78, 5) is 13.5. The Hall–Kier alpha value is -1.42. The lowest BCUT2D eigenvalue weighted by atomic mass is 10.2. The van der Waals surface area contributed by atoms with E-state index in [0.717, 1.165) is 12.8 Å². The van der Waals surface area contributed by atoms with Crippen molar-refractivity contribution in [1.29, 1.82) is 0 Å². The summed E-state index contributed by atoms with van der Waals surface area (Å²) in [5, 5.41) is 3.28. The summed E-state index contributed by atoms with van der Waals surface area (Å²) in [6, 6.07) is 7.05. The van der Waals surface area contributed by atoms with Gasteiger partial charge in [-0.1, -0.05) is 31.0 Å². The van der Waals surface area contributed by atoms with E-state index in [1.165, 1.54) is 18.9 Å². The number of hydrogen-bond acceptors (Lipinski definition) is 2. The van der Waals surface area contributed by atoms with E-state index in [0.29, 0.717) is 24.7 Å². The van der Waals surface area contributed by atoms with Gasteiger partial charge >= 0.3 is 0 Å². The Bertz CT molecular complexity index is 430. The van der Waals surface area contributed by atoms with Gasteiger partial charge in [-0.15, -0.1) is 0 Å². The van der Waals surface area contributed by atoms with Crippen molar-refractivity contribution in [2.45, 2.75) is 38.3 Å². The molecule has 1 aliphatic rings. The molecule has 1 aromatic rings. The van der Waals surface area contributed by atoms with Crippen LogP contribution in [0.1, 0.15) is 31.2 Å². The highest BCUT2D eigenvalue weighted by Crippen LogP contribution is 2.17. The second-order valence-electron chi connectivity index (χ2n) is 5.20. The summed E-state index contributed by atoms with van der Waals surface area (Å²) in [5.74, 6) is -0.249. The molecule has 19 heavy (non-hydrogen) atoms. The maximum Gasteiger partial charge on any atom is 0.236 e. The molecule has 0 aliphatic heterocycles. The van der Waals surface area contributed by atoms with Gasteiger partial charge in [-0.25, -0.2) is 4.39 Å². The molecule has 2 rings (SSSR count). The minimum Gasteiger partial charge on any atom is -0.340 e. The average Bonchev–Trinajstić information content (AvgIpc) is 2.91. The first-order chi connectivity index (χ1) is 9.16. The van der Waals surface area contributed by atoms with Crippen molar-refractivity contribution in [3.63, 3.8) is 0 Å². The van der Waals surface area contributed by atoms with Crippen LogP contribution in [0.3, 0.4) is 0 Å². The van der Waals surface area contributed by atoms with Gasteiger partial charge in [-0.3, -0.25) is 4.79 Å². The molecule has 4 heteroatoms. The lowest BCUT2D eigenvalue weighted by molar-refractivity contribution is -0.129. The van der Waals surface area contributed by atoms with Crippen LogP contribution in [0.2, 0.25) is 0 Å². The Kier molecular flexibility index (Phi) is 4.91. The van der Waals surface area contributed by atoms with E-state index in [2.05, 4.69) is 5.32 Å². The summed E-state index contributed by atoms with van der Waals surface area (Å²) in [6.07, 6.45) is 4.81. The Morgan fingerprint density at radius 1 is 1.37 bits per heavy atom. The maximum atomic E-state index is 13.5.